The first-order valence-electron chi connectivity index (χ1n) is 7.54. The first kappa shape index (κ1) is 20.2. The van der Waals surface area contributed by atoms with Crippen molar-refractivity contribution in [3.8, 4) is 17.4 Å². The summed E-state index contributed by atoms with van der Waals surface area (Å²) < 4.78 is 64.6. The molecule has 0 amide bonds. The van der Waals surface area contributed by atoms with E-state index in [0.717, 1.165) is 6.07 Å². The Balaban J connectivity index is 2.73. The van der Waals surface area contributed by atoms with Gasteiger partial charge in [0.05, 0.1) is 22.9 Å². The number of hydrogen-bond acceptors (Lipinski definition) is 4. The topological polar surface area (TPSA) is 53.3 Å². The fourth-order valence-electron chi connectivity index (χ4n) is 2.09. The second-order valence-corrected chi connectivity index (χ2v) is 6.28. The Bertz CT molecular complexity index is 866. The lowest BCUT2D eigenvalue weighted by Gasteiger charge is -2.17. The lowest BCUT2D eigenvalue weighted by atomic mass is 10.2. The number of benzene rings is 1. The summed E-state index contributed by atoms with van der Waals surface area (Å²) in [4.78, 5) is 15.6. The van der Waals surface area contributed by atoms with Gasteiger partial charge in [-0.25, -0.2) is 8.96 Å². The summed E-state index contributed by atoms with van der Waals surface area (Å²) in [5.74, 6) is -0.650. The van der Waals surface area contributed by atoms with Crippen LogP contribution in [0, 0.1) is 5.82 Å². The number of hydrogen-bond donors (Lipinski definition) is 0. The molecule has 0 N–H and O–H groups in total. The summed E-state index contributed by atoms with van der Waals surface area (Å²) in [6.07, 6.45) is -5.09. The monoisotopic (exact) mass is 438 g/mol. The molecule has 0 fully saturated rings. The lowest BCUT2D eigenvalue weighted by Crippen LogP contribution is -2.26. The molecule has 0 aliphatic heterocycles. The molecule has 10 heteroatoms. The molecule has 0 aliphatic rings. The summed E-state index contributed by atoms with van der Waals surface area (Å²) >= 11 is 3.14. The molecule has 0 saturated carbocycles. The third-order valence-electron chi connectivity index (χ3n) is 3.06. The van der Waals surface area contributed by atoms with Gasteiger partial charge in [-0.15, -0.1) is 0 Å². The minimum Gasteiger partial charge on any atom is -0.490 e. The number of halogens is 5. The molecule has 5 nitrogen and oxygen atoms in total. The maximum absolute atomic E-state index is 14.4. The fourth-order valence-corrected chi connectivity index (χ4v) is 2.50. The van der Waals surface area contributed by atoms with Crippen molar-refractivity contribution in [2.45, 2.75) is 33.1 Å². The van der Waals surface area contributed by atoms with Crippen molar-refractivity contribution in [3.63, 3.8) is 0 Å². The average molecular weight is 439 g/mol. The maximum atomic E-state index is 14.4. The second kappa shape index (κ2) is 7.65. The summed E-state index contributed by atoms with van der Waals surface area (Å²) in [6.45, 7) is 4.92. The normalized spacial score (nSPS) is 11.7. The number of alkyl halides is 3. The molecule has 26 heavy (non-hydrogen) atoms. The molecule has 0 spiro atoms. The van der Waals surface area contributed by atoms with Crippen LogP contribution in [0.2, 0.25) is 0 Å². The van der Waals surface area contributed by atoms with Gasteiger partial charge in [0.1, 0.15) is 11.6 Å². The van der Waals surface area contributed by atoms with Crippen LogP contribution in [-0.4, -0.2) is 22.3 Å². The van der Waals surface area contributed by atoms with Gasteiger partial charge in [-0.2, -0.15) is 18.2 Å². The van der Waals surface area contributed by atoms with E-state index >= 15 is 0 Å². The van der Waals surface area contributed by atoms with Crippen LogP contribution in [-0.2, 0) is 6.18 Å². The van der Waals surface area contributed by atoms with Crippen LogP contribution in [0.4, 0.5) is 17.6 Å². The Morgan fingerprint density at radius 2 is 1.92 bits per heavy atom. The second-order valence-electron chi connectivity index (χ2n) is 5.43. The molecule has 1 aromatic heterocycles. The van der Waals surface area contributed by atoms with E-state index in [1.54, 1.807) is 13.8 Å². The summed E-state index contributed by atoms with van der Waals surface area (Å²) in [7, 11) is 0. The Morgan fingerprint density at radius 1 is 1.27 bits per heavy atom. The number of rotatable bonds is 5. The van der Waals surface area contributed by atoms with Crippen LogP contribution in [0.5, 0.6) is 11.8 Å². The van der Waals surface area contributed by atoms with E-state index in [2.05, 4.69) is 20.9 Å². The molecule has 1 aromatic carbocycles. The van der Waals surface area contributed by atoms with Gasteiger partial charge in [-0.05, 0) is 42.8 Å². The van der Waals surface area contributed by atoms with Gasteiger partial charge in [0, 0.05) is 12.1 Å². The van der Waals surface area contributed by atoms with Gasteiger partial charge in [0.2, 0.25) is 0 Å². The molecule has 2 rings (SSSR count). The minimum atomic E-state index is -4.84. The van der Waals surface area contributed by atoms with Gasteiger partial charge in [0.25, 0.3) is 5.56 Å². The fraction of sp³-hybridized carbons (Fsp3) is 0.375. The van der Waals surface area contributed by atoms with E-state index in [4.69, 9.17) is 9.47 Å². The van der Waals surface area contributed by atoms with E-state index in [1.807, 2.05) is 0 Å². The Labute approximate surface area is 154 Å². The van der Waals surface area contributed by atoms with Crippen molar-refractivity contribution < 1.29 is 27.0 Å². The Hall–Kier alpha value is -2.10. The zero-order valence-corrected chi connectivity index (χ0v) is 15.6. The SMILES string of the molecule is CCOc1nc(C(F)(F)F)cc(=O)n1-c1cc(OC(C)C)c(Br)cc1F. The highest BCUT2D eigenvalue weighted by atomic mass is 79.9. The largest absolute Gasteiger partial charge is 0.490 e. The summed E-state index contributed by atoms with van der Waals surface area (Å²) in [5.41, 5.74) is -2.88. The third kappa shape index (κ3) is 4.35. The molecular formula is C16H15BrF4N2O3. The molecule has 2 aromatic rings. The van der Waals surface area contributed by atoms with Gasteiger partial charge >= 0.3 is 12.2 Å². The van der Waals surface area contributed by atoms with Crippen molar-refractivity contribution in [2.75, 3.05) is 6.61 Å². The van der Waals surface area contributed by atoms with Gasteiger partial charge in [0.15, 0.2) is 5.69 Å². The first-order chi connectivity index (χ1) is 12.0. The number of aromatic nitrogens is 2. The van der Waals surface area contributed by atoms with E-state index in [-0.39, 0.29) is 30.2 Å². The van der Waals surface area contributed by atoms with Crippen molar-refractivity contribution >= 4 is 15.9 Å². The maximum Gasteiger partial charge on any atom is 0.433 e. The van der Waals surface area contributed by atoms with Crippen molar-refractivity contribution in [2.24, 2.45) is 0 Å². The van der Waals surface area contributed by atoms with Crippen molar-refractivity contribution in [1.29, 1.82) is 0 Å². The standard InChI is InChI=1S/C16H15BrF4N2O3/c1-4-25-15-22-13(16(19,20)21)7-14(24)23(15)11-6-12(26-8(2)3)9(17)5-10(11)18/h5-8H,4H2,1-3H3. The average Bonchev–Trinajstić information content (AvgIpc) is 2.49. The van der Waals surface area contributed by atoms with Crippen LogP contribution in [0.25, 0.3) is 5.69 Å². The highest BCUT2D eigenvalue weighted by Crippen LogP contribution is 2.33. The molecule has 0 aliphatic carbocycles. The number of ether oxygens (including phenoxy) is 2. The van der Waals surface area contributed by atoms with Crippen molar-refractivity contribution in [3.05, 3.63) is 44.5 Å². The predicted molar refractivity (Wildman–Crippen MR) is 89.4 cm³/mol. The van der Waals surface area contributed by atoms with Crippen LogP contribution in [0.3, 0.4) is 0 Å². The van der Waals surface area contributed by atoms with Gasteiger partial charge < -0.3 is 9.47 Å². The molecule has 0 unspecified atom stereocenters. The highest BCUT2D eigenvalue weighted by molar-refractivity contribution is 9.10. The van der Waals surface area contributed by atoms with E-state index in [0.29, 0.717) is 9.04 Å². The molecule has 1 heterocycles. The molecule has 0 saturated heterocycles. The summed E-state index contributed by atoms with van der Waals surface area (Å²) in [5, 5.41) is 0. The Kier molecular flexibility index (Phi) is 5.94. The molecule has 142 valence electrons. The Morgan fingerprint density at radius 3 is 2.46 bits per heavy atom. The smallest absolute Gasteiger partial charge is 0.433 e. The predicted octanol–water partition coefficient (Wildman–Crippen LogP) is 4.34. The zero-order valence-electron chi connectivity index (χ0n) is 14.0. The molecule has 0 radical (unpaired) electrons. The van der Waals surface area contributed by atoms with E-state index in [9.17, 15) is 22.4 Å². The zero-order chi connectivity index (χ0) is 19.6. The molecule has 0 bridgehead atoms. The van der Waals surface area contributed by atoms with Gasteiger partial charge in [-0.3, -0.25) is 4.79 Å². The van der Waals surface area contributed by atoms with Crippen LogP contribution in [0.1, 0.15) is 26.5 Å². The van der Waals surface area contributed by atoms with Crippen LogP contribution < -0.4 is 15.0 Å². The first-order valence-corrected chi connectivity index (χ1v) is 8.34. The third-order valence-corrected chi connectivity index (χ3v) is 3.68. The van der Waals surface area contributed by atoms with Crippen molar-refractivity contribution in [1.82, 2.24) is 9.55 Å². The minimum absolute atomic E-state index is 0.0682. The van der Waals surface area contributed by atoms with Gasteiger partial charge in [-0.1, -0.05) is 0 Å². The van der Waals surface area contributed by atoms with Crippen LogP contribution in [0.15, 0.2) is 27.5 Å². The van der Waals surface area contributed by atoms with Crippen LogP contribution >= 0.6 is 15.9 Å². The highest BCUT2D eigenvalue weighted by Gasteiger charge is 2.35. The molecular weight excluding hydrogens is 424 g/mol. The summed E-state index contributed by atoms with van der Waals surface area (Å²) in [6, 6.07) is 1.86. The molecule has 0 atom stereocenters. The quantitative estimate of drug-likeness (QED) is 0.651. The van der Waals surface area contributed by atoms with E-state index in [1.165, 1.54) is 13.0 Å². The lowest BCUT2D eigenvalue weighted by molar-refractivity contribution is -0.141. The van der Waals surface area contributed by atoms with E-state index < -0.39 is 29.3 Å². The number of nitrogens with zero attached hydrogens (tertiary/aromatic N) is 2.